The molecule has 0 radical (unpaired) electrons. The second-order valence-corrected chi connectivity index (χ2v) is 9.69. The molecule has 0 saturated heterocycles. The van der Waals surface area contributed by atoms with Gasteiger partial charge in [-0.3, -0.25) is 9.69 Å². The van der Waals surface area contributed by atoms with Crippen molar-refractivity contribution < 1.29 is 28.7 Å². The van der Waals surface area contributed by atoms with E-state index in [4.69, 9.17) is 32.7 Å². The number of amides is 4. The van der Waals surface area contributed by atoms with Crippen molar-refractivity contribution in [3.63, 3.8) is 0 Å². The molecule has 0 aliphatic carbocycles. The quantitative estimate of drug-likeness (QED) is 0.437. The van der Waals surface area contributed by atoms with Crippen molar-refractivity contribution in [1.29, 1.82) is 0 Å². The lowest BCUT2D eigenvalue weighted by Crippen LogP contribution is -2.53. The number of anilines is 2. The molecular weight excluding hydrogens is 515 g/mol. The Hall–Kier alpha value is -3.64. The van der Waals surface area contributed by atoms with Gasteiger partial charge in [0.05, 0.1) is 24.5 Å². The Kier molecular flexibility index (Phi) is 6.92. The second kappa shape index (κ2) is 9.78. The summed E-state index contributed by atoms with van der Waals surface area (Å²) in [5.74, 6) is -1.93. The van der Waals surface area contributed by atoms with Crippen LogP contribution in [0.4, 0.5) is 21.0 Å². The van der Waals surface area contributed by atoms with E-state index < -0.39 is 42.4 Å². The van der Waals surface area contributed by atoms with Crippen molar-refractivity contribution in [2.45, 2.75) is 45.7 Å². The van der Waals surface area contributed by atoms with Crippen LogP contribution >= 0.6 is 23.2 Å². The van der Waals surface area contributed by atoms with Gasteiger partial charge in [0, 0.05) is 23.5 Å². The van der Waals surface area contributed by atoms with Gasteiger partial charge in [0.15, 0.2) is 0 Å². The Morgan fingerprint density at radius 2 is 1.56 bits per heavy atom. The lowest BCUT2D eigenvalue weighted by Gasteiger charge is -2.35. The number of halogens is 2. The number of esters is 2. The molecule has 4 heterocycles. The standard InChI is InChI=1S/C22H22Cl2N6O6/c1-22(2,3)36-19(32)18(30-9-12-14(28-21(30)34)5-7-26-17(12)24)35-15(31)10-29-8-11-13(27-20(29)33)4-6-25-16(11)23/h4-7,18H,8-10H2,1-3H3,(H,27,33)(H,28,34). The average molecular weight is 537 g/mol. The zero-order chi connectivity index (χ0) is 26.2. The van der Waals surface area contributed by atoms with E-state index in [-0.39, 0.29) is 23.4 Å². The second-order valence-electron chi connectivity index (χ2n) is 8.98. The molecule has 0 aromatic carbocycles. The number of urea groups is 2. The van der Waals surface area contributed by atoms with Gasteiger partial charge in [-0.15, -0.1) is 0 Å². The number of aromatic nitrogens is 2. The highest BCUT2D eigenvalue weighted by atomic mass is 35.5. The van der Waals surface area contributed by atoms with Crippen molar-refractivity contribution in [3.05, 3.63) is 46.0 Å². The SMILES string of the molecule is CC(C)(C)OC(=O)C(OC(=O)CN1Cc2c(ccnc2Cl)NC1=O)N1Cc2c(ccnc2Cl)NC1=O. The predicted molar refractivity (Wildman–Crippen MR) is 128 cm³/mol. The number of pyridine rings is 2. The van der Waals surface area contributed by atoms with Crippen LogP contribution in [-0.4, -0.2) is 62.1 Å². The maximum Gasteiger partial charge on any atom is 0.370 e. The summed E-state index contributed by atoms with van der Waals surface area (Å²) >= 11 is 12.3. The van der Waals surface area contributed by atoms with Gasteiger partial charge < -0.3 is 25.0 Å². The van der Waals surface area contributed by atoms with Gasteiger partial charge in [0.1, 0.15) is 22.5 Å². The number of ether oxygens (including phenoxy) is 2. The Balaban J connectivity index is 1.55. The summed E-state index contributed by atoms with van der Waals surface area (Å²) in [5, 5.41) is 5.50. The molecule has 12 nitrogen and oxygen atoms in total. The summed E-state index contributed by atoms with van der Waals surface area (Å²) < 4.78 is 10.8. The number of nitrogens with one attached hydrogen (secondary N) is 2. The molecule has 0 fully saturated rings. The lowest BCUT2D eigenvalue weighted by atomic mass is 10.1. The van der Waals surface area contributed by atoms with Gasteiger partial charge in [-0.25, -0.2) is 24.4 Å². The van der Waals surface area contributed by atoms with E-state index in [9.17, 15) is 19.2 Å². The number of hydrogen-bond donors (Lipinski definition) is 2. The Labute approximate surface area is 215 Å². The molecular formula is C22H22Cl2N6O6. The molecule has 190 valence electrons. The maximum atomic E-state index is 13.0. The van der Waals surface area contributed by atoms with Crippen molar-refractivity contribution in [2.24, 2.45) is 0 Å². The van der Waals surface area contributed by atoms with Crippen LogP contribution in [0.2, 0.25) is 10.3 Å². The number of carbonyl (C=O) groups is 4. The van der Waals surface area contributed by atoms with E-state index in [2.05, 4.69) is 20.6 Å². The van der Waals surface area contributed by atoms with Gasteiger partial charge in [-0.1, -0.05) is 23.2 Å². The van der Waals surface area contributed by atoms with Crippen LogP contribution in [0.25, 0.3) is 0 Å². The summed E-state index contributed by atoms with van der Waals surface area (Å²) in [6.07, 6.45) is 1.11. The summed E-state index contributed by atoms with van der Waals surface area (Å²) in [4.78, 5) is 61.3. The fourth-order valence-electron chi connectivity index (χ4n) is 3.58. The molecule has 0 saturated carbocycles. The molecule has 2 aliphatic rings. The fourth-order valence-corrected chi connectivity index (χ4v) is 4.02. The molecule has 2 N–H and O–H groups in total. The number of fused-ring (bicyclic) bond motifs is 2. The topological polar surface area (TPSA) is 143 Å². The third kappa shape index (κ3) is 5.44. The minimum atomic E-state index is -1.76. The number of hydrogen-bond acceptors (Lipinski definition) is 8. The van der Waals surface area contributed by atoms with Gasteiger partial charge in [-0.2, -0.15) is 0 Å². The van der Waals surface area contributed by atoms with Crippen molar-refractivity contribution >= 4 is 58.6 Å². The first-order chi connectivity index (χ1) is 16.9. The molecule has 2 aromatic heterocycles. The molecule has 0 bridgehead atoms. The van der Waals surface area contributed by atoms with Crippen LogP contribution < -0.4 is 10.6 Å². The molecule has 2 aromatic rings. The third-order valence-corrected chi connectivity index (χ3v) is 5.82. The highest BCUT2D eigenvalue weighted by molar-refractivity contribution is 6.31. The minimum absolute atomic E-state index is 0.0150. The first-order valence-electron chi connectivity index (χ1n) is 10.8. The zero-order valence-corrected chi connectivity index (χ0v) is 21.0. The highest BCUT2D eigenvalue weighted by Gasteiger charge is 2.40. The van der Waals surface area contributed by atoms with Crippen LogP contribution in [-0.2, 0) is 32.2 Å². The fraction of sp³-hybridized carbons (Fsp3) is 0.364. The van der Waals surface area contributed by atoms with E-state index in [1.165, 1.54) is 12.4 Å². The van der Waals surface area contributed by atoms with E-state index >= 15 is 0 Å². The Morgan fingerprint density at radius 1 is 1.00 bits per heavy atom. The lowest BCUT2D eigenvalue weighted by molar-refractivity contribution is -0.186. The summed E-state index contributed by atoms with van der Waals surface area (Å²) in [5.41, 5.74) is 0.901. The van der Waals surface area contributed by atoms with E-state index in [1.807, 2.05) is 0 Å². The van der Waals surface area contributed by atoms with Crippen molar-refractivity contribution in [3.8, 4) is 0 Å². The van der Waals surface area contributed by atoms with Crippen LogP contribution in [0.1, 0.15) is 31.9 Å². The van der Waals surface area contributed by atoms with Crippen LogP contribution in [0.5, 0.6) is 0 Å². The van der Waals surface area contributed by atoms with Crippen molar-refractivity contribution in [2.75, 3.05) is 17.2 Å². The summed E-state index contributed by atoms with van der Waals surface area (Å²) in [6, 6.07) is 1.85. The first kappa shape index (κ1) is 25.5. The van der Waals surface area contributed by atoms with Crippen LogP contribution in [0.3, 0.4) is 0 Å². The van der Waals surface area contributed by atoms with E-state index in [0.29, 0.717) is 22.5 Å². The van der Waals surface area contributed by atoms with Crippen LogP contribution in [0, 0.1) is 0 Å². The molecule has 1 atom stereocenters. The van der Waals surface area contributed by atoms with Crippen LogP contribution in [0.15, 0.2) is 24.5 Å². The monoisotopic (exact) mass is 536 g/mol. The minimum Gasteiger partial charge on any atom is -0.456 e. The van der Waals surface area contributed by atoms with E-state index in [0.717, 1.165) is 9.80 Å². The van der Waals surface area contributed by atoms with Gasteiger partial charge in [-0.05, 0) is 32.9 Å². The number of nitrogens with zero attached hydrogens (tertiary/aromatic N) is 4. The maximum absolute atomic E-state index is 13.0. The molecule has 14 heteroatoms. The van der Waals surface area contributed by atoms with Gasteiger partial charge in [0.25, 0.3) is 6.23 Å². The average Bonchev–Trinajstić information content (AvgIpc) is 2.77. The molecule has 2 aliphatic heterocycles. The third-order valence-electron chi connectivity index (χ3n) is 5.17. The summed E-state index contributed by atoms with van der Waals surface area (Å²) in [6.45, 7) is 4.16. The molecule has 4 amide bonds. The van der Waals surface area contributed by atoms with Crippen molar-refractivity contribution in [1.82, 2.24) is 19.8 Å². The predicted octanol–water partition coefficient (Wildman–Crippen LogP) is 3.39. The molecule has 0 spiro atoms. The molecule has 1 unspecified atom stereocenters. The molecule has 4 rings (SSSR count). The Morgan fingerprint density at radius 3 is 2.14 bits per heavy atom. The molecule has 36 heavy (non-hydrogen) atoms. The smallest absolute Gasteiger partial charge is 0.370 e. The van der Waals surface area contributed by atoms with Gasteiger partial charge >= 0.3 is 24.0 Å². The number of carbonyl (C=O) groups excluding carboxylic acids is 4. The Bertz CT molecular complexity index is 1250. The summed E-state index contributed by atoms with van der Waals surface area (Å²) in [7, 11) is 0. The van der Waals surface area contributed by atoms with E-state index in [1.54, 1.807) is 32.9 Å². The largest absolute Gasteiger partial charge is 0.456 e. The first-order valence-corrected chi connectivity index (χ1v) is 11.5. The highest BCUT2D eigenvalue weighted by Crippen LogP contribution is 2.31. The number of rotatable bonds is 5. The normalized spacial score (nSPS) is 15.8. The zero-order valence-electron chi connectivity index (χ0n) is 19.5. The van der Waals surface area contributed by atoms with Gasteiger partial charge in [0.2, 0.25) is 0 Å².